The van der Waals surface area contributed by atoms with Gasteiger partial charge in [-0.3, -0.25) is 4.79 Å². The van der Waals surface area contributed by atoms with Gasteiger partial charge in [0.1, 0.15) is 0 Å². The Bertz CT molecular complexity index is 233. The largest absolute Gasteiger partial charge is 0.341 e. The molecule has 1 fully saturated rings. The first kappa shape index (κ1) is 14.5. The van der Waals surface area contributed by atoms with E-state index in [1.807, 2.05) is 11.9 Å². The number of piperidine rings is 1. The van der Waals surface area contributed by atoms with E-state index in [1.54, 1.807) is 0 Å². The Hall–Kier alpha value is -0.610. The predicted octanol–water partition coefficient (Wildman–Crippen LogP) is 1.06. The molecule has 1 atom stereocenters. The van der Waals surface area contributed by atoms with Crippen LogP contribution in [0.2, 0.25) is 0 Å². The number of amides is 1. The molecule has 1 aliphatic rings. The van der Waals surface area contributed by atoms with E-state index in [0.717, 1.165) is 45.3 Å². The Morgan fingerprint density at radius 2 is 2.18 bits per heavy atom. The fourth-order valence-electron chi connectivity index (χ4n) is 2.43. The summed E-state index contributed by atoms with van der Waals surface area (Å²) in [5.74, 6) is 0.294. The number of rotatable bonds is 6. The third-order valence-electron chi connectivity index (χ3n) is 3.64. The summed E-state index contributed by atoms with van der Waals surface area (Å²) in [5.41, 5.74) is 5.44. The lowest BCUT2D eigenvalue weighted by Crippen LogP contribution is -2.47. The molecule has 1 unspecified atom stereocenters. The first-order valence-electron chi connectivity index (χ1n) is 6.79. The molecule has 0 saturated carbocycles. The molecule has 0 spiro atoms. The summed E-state index contributed by atoms with van der Waals surface area (Å²) in [4.78, 5) is 16.3. The summed E-state index contributed by atoms with van der Waals surface area (Å²) in [6.07, 6.45) is 6.10. The fourth-order valence-corrected chi connectivity index (χ4v) is 2.43. The summed E-state index contributed by atoms with van der Waals surface area (Å²) in [5, 5.41) is 0. The van der Waals surface area contributed by atoms with E-state index in [9.17, 15) is 4.79 Å². The molecule has 0 aromatic heterocycles. The minimum absolute atomic E-state index is 0.294. The van der Waals surface area contributed by atoms with E-state index in [0.29, 0.717) is 18.4 Å². The third kappa shape index (κ3) is 5.04. The van der Waals surface area contributed by atoms with Crippen molar-refractivity contribution in [2.45, 2.75) is 44.6 Å². The smallest absolute Gasteiger partial charge is 0.222 e. The van der Waals surface area contributed by atoms with Gasteiger partial charge in [0, 0.05) is 26.1 Å². The highest BCUT2D eigenvalue weighted by Gasteiger charge is 2.23. The zero-order valence-electron chi connectivity index (χ0n) is 11.3. The van der Waals surface area contributed by atoms with Crippen molar-refractivity contribution >= 4 is 5.91 Å². The Morgan fingerprint density at radius 3 is 2.82 bits per heavy atom. The van der Waals surface area contributed by atoms with Gasteiger partial charge < -0.3 is 15.5 Å². The number of hydrogen-bond donors (Lipinski definition) is 1. The number of likely N-dealkylation sites (tertiary alicyclic amines) is 1. The van der Waals surface area contributed by atoms with E-state index in [2.05, 4.69) is 11.9 Å². The molecule has 4 nitrogen and oxygen atoms in total. The predicted molar refractivity (Wildman–Crippen MR) is 70.8 cm³/mol. The fraction of sp³-hybridized carbons (Fsp3) is 0.923. The van der Waals surface area contributed by atoms with E-state index in [4.69, 9.17) is 5.73 Å². The molecule has 0 aliphatic carbocycles. The van der Waals surface area contributed by atoms with Crippen LogP contribution in [0.3, 0.4) is 0 Å². The number of unbranched alkanes of at least 4 members (excludes halogenated alkanes) is 2. The first-order valence-corrected chi connectivity index (χ1v) is 6.79. The lowest BCUT2D eigenvalue weighted by atomic mass is 10.0. The number of carbonyl (C=O) groups excluding carboxylic acids is 1. The van der Waals surface area contributed by atoms with Crippen molar-refractivity contribution in [3.63, 3.8) is 0 Å². The summed E-state index contributed by atoms with van der Waals surface area (Å²) >= 11 is 0. The van der Waals surface area contributed by atoms with Gasteiger partial charge in [-0.15, -0.1) is 0 Å². The minimum atomic E-state index is 0.294. The van der Waals surface area contributed by atoms with Crippen molar-refractivity contribution in [1.82, 2.24) is 9.80 Å². The SMILES string of the molecule is CN1CCCC(N(C)C(=O)CCCCCN)C1. The molecular formula is C13H27N3O. The highest BCUT2D eigenvalue weighted by atomic mass is 16.2. The summed E-state index contributed by atoms with van der Waals surface area (Å²) in [7, 11) is 4.08. The van der Waals surface area contributed by atoms with Crippen LogP contribution in [0.1, 0.15) is 38.5 Å². The van der Waals surface area contributed by atoms with Crippen LogP contribution in [0.15, 0.2) is 0 Å². The first-order chi connectivity index (χ1) is 8.15. The van der Waals surface area contributed by atoms with Crippen LogP contribution in [-0.4, -0.2) is 55.5 Å². The molecule has 1 aliphatic heterocycles. The van der Waals surface area contributed by atoms with Gasteiger partial charge in [0.2, 0.25) is 5.91 Å². The molecule has 0 bridgehead atoms. The van der Waals surface area contributed by atoms with Gasteiger partial charge in [-0.25, -0.2) is 0 Å². The zero-order valence-corrected chi connectivity index (χ0v) is 11.3. The highest BCUT2D eigenvalue weighted by Crippen LogP contribution is 2.15. The van der Waals surface area contributed by atoms with Crippen LogP contribution in [0.5, 0.6) is 0 Å². The number of hydrogen-bond acceptors (Lipinski definition) is 3. The van der Waals surface area contributed by atoms with Crippen molar-refractivity contribution in [3.05, 3.63) is 0 Å². The lowest BCUT2D eigenvalue weighted by molar-refractivity contribution is -0.133. The van der Waals surface area contributed by atoms with E-state index >= 15 is 0 Å². The van der Waals surface area contributed by atoms with Crippen molar-refractivity contribution in [2.24, 2.45) is 5.73 Å². The maximum absolute atomic E-state index is 12.0. The molecule has 1 heterocycles. The second-order valence-electron chi connectivity index (χ2n) is 5.16. The summed E-state index contributed by atoms with van der Waals surface area (Å²) in [6.45, 7) is 2.91. The van der Waals surface area contributed by atoms with Crippen molar-refractivity contribution < 1.29 is 4.79 Å². The van der Waals surface area contributed by atoms with Gasteiger partial charge in [-0.1, -0.05) is 6.42 Å². The Kier molecular flexibility index (Phi) is 6.52. The van der Waals surface area contributed by atoms with Crippen LogP contribution in [0.25, 0.3) is 0 Å². The zero-order chi connectivity index (χ0) is 12.7. The molecule has 1 saturated heterocycles. The van der Waals surface area contributed by atoms with Crippen LogP contribution in [0.4, 0.5) is 0 Å². The maximum atomic E-state index is 12.0. The van der Waals surface area contributed by atoms with Gasteiger partial charge in [0.05, 0.1) is 0 Å². The minimum Gasteiger partial charge on any atom is -0.341 e. The Morgan fingerprint density at radius 1 is 1.41 bits per heavy atom. The van der Waals surface area contributed by atoms with Crippen molar-refractivity contribution in [1.29, 1.82) is 0 Å². The van der Waals surface area contributed by atoms with E-state index in [1.165, 1.54) is 6.42 Å². The second kappa shape index (κ2) is 7.67. The molecule has 1 rings (SSSR count). The van der Waals surface area contributed by atoms with Gasteiger partial charge >= 0.3 is 0 Å². The average molecular weight is 241 g/mol. The molecule has 1 amide bonds. The molecular weight excluding hydrogens is 214 g/mol. The number of carbonyl (C=O) groups is 1. The van der Waals surface area contributed by atoms with E-state index < -0.39 is 0 Å². The number of nitrogens with zero attached hydrogens (tertiary/aromatic N) is 2. The lowest BCUT2D eigenvalue weighted by Gasteiger charge is -2.36. The third-order valence-corrected chi connectivity index (χ3v) is 3.64. The van der Waals surface area contributed by atoms with Crippen LogP contribution in [0, 0.1) is 0 Å². The number of likely N-dealkylation sites (N-methyl/N-ethyl adjacent to an activating group) is 2. The van der Waals surface area contributed by atoms with Gasteiger partial charge in [0.15, 0.2) is 0 Å². The average Bonchev–Trinajstić information content (AvgIpc) is 2.33. The molecule has 100 valence electrons. The Balaban J connectivity index is 2.25. The molecule has 0 aromatic rings. The normalized spacial score (nSPS) is 21.5. The van der Waals surface area contributed by atoms with Gasteiger partial charge in [-0.05, 0) is 45.8 Å². The molecule has 17 heavy (non-hydrogen) atoms. The maximum Gasteiger partial charge on any atom is 0.222 e. The summed E-state index contributed by atoms with van der Waals surface area (Å²) in [6, 6.07) is 0.413. The highest BCUT2D eigenvalue weighted by molar-refractivity contribution is 5.76. The summed E-state index contributed by atoms with van der Waals surface area (Å²) < 4.78 is 0. The van der Waals surface area contributed by atoms with Crippen LogP contribution >= 0.6 is 0 Å². The number of nitrogens with two attached hydrogens (primary N) is 1. The molecule has 0 radical (unpaired) electrons. The van der Waals surface area contributed by atoms with Gasteiger partial charge in [0.25, 0.3) is 0 Å². The topological polar surface area (TPSA) is 49.6 Å². The van der Waals surface area contributed by atoms with Crippen LogP contribution < -0.4 is 5.73 Å². The van der Waals surface area contributed by atoms with E-state index in [-0.39, 0.29) is 0 Å². The van der Waals surface area contributed by atoms with Crippen molar-refractivity contribution in [2.75, 3.05) is 33.7 Å². The quantitative estimate of drug-likeness (QED) is 0.707. The molecule has 0 aromatic carbocycles. The second-order valence-corrected chi connectivity index (χ2v) is 5.16. The van der Waals surface area contributed by atoms with Crippen molar-refractivity contribution in [3.8, 4) is 0 Å². The van der Waals surface area contributed by atoms with Gasteiger partial charge in [-0.2, -0.15) is 0 Å². The van der Waals surface area contributed by atoms with Crippen LogP contribution in [-0.2, 0) is 4.79 Å². The Labute approximate surface area is 105 Å². The monoisotopic (exact) mass is 241 g/mol. The molecule has 2 N–H and O–H groups in total. The standard InChI is InChI=1S/C13H27N3O/c1-15-10-6-7-12(11-15)16(2)13(17)8-4-3-5-9-14/h12H,3-11,14H2,1-2H3. The molecule has 4 heteroatoms.